The molecule has 1 aliphatic carbocycles. The van der Waals surface area contributed by atoms with Crippen LogP contribution in [0.25, 0.3) is 0 Å². The highest BCUT2D eigenvalue weighted by Crippen LogP contribution is 2.27. The fraction of sp³-hybridized carbons (Fsp3) is 1.00. The first-order valence-corrected chi connectivity index (χ1v) is 6.28. The van der Waals surface area contributed by atoms with Crippen molar-refractivity contribution in [2.75, 3.05) is 34.2 Å². The van der Waals surface area contributed by atoms with Gasteiger partial charge in [0.15, 0.2) is 0 Å². The molecule has 1 aliphatic heterocycles. The van der Waals surface area contributed by atoms with E-state index in [0.717, 1.165) is 18.1 Å². The van der Waals surface area contributed by atoms with Crippen molar-refractivity contribution in [3.63, 3.8) is 0 Å². The molecule has 0 aromatic rings. The summed E-state index contributed by atoms with van der Waals surface area (Å²) in [6, 6.07) is 2.42. The summed E-state index contributed by atoms with van der Waals surface area (Å²) in [5, 5.41) is 3.41. The lowest BCUT2D eigenvalue weighted by Crippen LogP contribution is -2.36. The fourth-order valence-electron chi connectivity index (χ4n) is 3.07. The van der Waals surface area contributed by atoms with Crippen molar-refractivity contribution in [3.8, 4) is 0 Å². The second-order valence-electron chi connectivity index (χ2n) is 5.35. The molecule has 2 fully saturated rings. The first-order chi connectivity index (χ1) is 7.20. The number of nitrogens with zero attached hydrogens (tertiary/aromatic N) is 2. The molecule has 2 rings (SSSR count). The lowest BCUT2D eigenvalue weighted by molar-refractivity contribution is 0.215. The van der Waals surface area contributed by atoms with Gasteiger partial charge >= 0.3 is 0 Å². The Bertz CT molecular complexity index is 205. The van der Waals surface area contributed by atoms with Crippen LogP contribution in [0, 0.1) is 0 Å². The third-order valence-electron chi connectivity index (χ3n) is 4.25. The van der Waals surface area contributed by atoms with Crippen LogP contribution >= 0.6 is 0 Å². The quantitative estimate of drug-likeness (QED) is 0.743. The van der Waals surface area contributed by atoms with Crippen molar-refractivity contribution < 1.29 is 0 Å². The van der Waals surface area contributed by atoms with Crippen molar-refractivity contribution in [1.82, 2.24) is 15.1 Å². The zero-order valence-corrected chi connectivity index (χ0v) is 10.4. The predicted molar refractivity (Wildman–Crippen MR) is 64.2 cm³/mol. The third kappa shape index (κ3) is 2.52. The van der Waals surface area contributed by atoms with E-state index >= 15 is 0 Å². The largest absolute Gasteiger partial charge is 0.317 e. The van der Waals surface area contributed by atoms with E-state index in [0.29, 0.717) is 0 Å². The topological polar surface area (TPSA) is 18.5 Å². The minimum absolute atomic E-state index is 0.772. The van der Waals surface area contributed by atoms with Gasteiger partial charge in [-0.3, -0.25) is 4.90 Å². The standard InChI is InChI=1S/C12H25N3/c1-13-10-4-5-11(8-10)15-7-6-12(9-15)14(2)3/h10-13H,4-9H2,1-3H3. The second kappa shape index (κ2) is 4.81. The van der Waals surface area contributed by atoms with E-state index in [2.05, 4.69) is 36.3 Å². The van der Waals surface area contributed by atoms with Gasteiger partial charge < -0.3 is 10.2 Å². The van der Waals surface area contributed by atoms with E-state index in [9.17, 15) is 0 Å². The van der Waals surface area contributed by atoms with E-state index in [1.165, 1.54) is 38.8 Å². The Balaban J connectivity index is 1.81. The van der Waals surface area contributed by atoms with Crippen molar-refractivity contribution in [3.05, 3.63) is 0 Å². The Morgan fingerprint density at radius 3 is 2.53 bits per heavy atom. The molecular formula is C12H25N3. The molecule has 0 amide bonds. The summed E-state index contributed by atoms with van der Waals surface area (Å²) in [6.07, 6.45) is 5.47. The highest BCUT2D eigenvalue weighted by atomic mass is 15.2. The Morgan fingerprint density at radius 1 is 1.20 bits per heavy atom. The summed E-state index contributed by atoms with van der Waals surface area (Å²) in [4.78, 5) is 5.09. The average molecular weight is 211 g/mol. The van der Waals surface area contributed by atoms with E-state index in [-0.39, 0.29) is 0 Å². The van der Waals surface area contributed by atoms with E-state index < -0.39 is 0 Å². The monoisotopic (exact) mass is 211 g/mol. The first kappa shape index (κ1) is 11.4. The van der Waals surface area contributed by atoms with Crippen LogP contribution in [0.15, 0.2) is 0 Å². The SMILES string of the molecule is CNC1CCC(N2CCC(N(C)C)C2)C1. The summed E-state index contributed by atoms with van der Waals surface area (Å²) in [7, 11) is 6.51. The Morgan fingerprint density at radius 2 is 2.00 bits per heavy atom. The lowest BCUT2D eigenvalue weighted by atomic mass is 10.2. The van der Waals surface area contributed by atoms with E-state index in [4.69, 9.17) is 0 Å². The zero-order chi connectivity index (χ0) is 10.8. The van der Waals surface area contributed by atoms with Crippen LogP contribution < -0.4 is 5.32 Å². The first-order valence-electron chi connectivity index (χ1n) is 6.28. The smallest absolute Gasteiger partial charge is 0.0229 e. The Hall–Kier alpha value is -0.120. The molecule has 0 spiro atoms. The molecule has 3 nitrogen and oxygen atoms in total. The minimum Gasteiger partial charge on any atom is -0.317 e. The number of hydrogen-bond donors (Lipinski definition) is 1. The summed E-state index contributed by atoms with van der Waals surface area (Å²) < 4.78 is 0. The number of nitrogens with one attached hydrogen (secondary N) is 1. The molecular weight excluding hydrogens is 186 g/mol. The molecule has 88 valence electrons. The molecule has 1 saturated carbocycles. The van der Waals surface area contributed by atoms with Crippen molar-refractivity contribution in [1.29, 1.82) is 0 Å². The van der Waals surface area contributed by atoms with Gasteiger partial charge in [-0.1, -0.05) is 0 Å². The molecule has 3 atom stereocenters. The molecule has 2 aliphatic rings. The molecule has 3 unspecified atom stereocenters. The van der Waals surface area contributed by atoms with Crippen LogP contribution in [0.5, 0.6) is 0 Å². The average Bonchev–Trinajstić information content (AvgIpc) is 2.86. The van der Waals surface area contributed by atoms with Crippen molar-refractivity contribution in [2.45, 2.75) is 43.8 Å². The van der Waals surface area contributed by atoms with Crippen LogP contribution in [-0.2, 0) is 0 Å². The van der Waals surface area contributed by atoms with Crippen LogP contribution in [0.2, 0.25) is 0 Å². The van der Waals surface area contributed by atoms with Gasteiger partial charge in [-0.2, -0.15) is 0 Å². The minimum atomic E-state index is 0.772. The van der Waals surface area contributed by atoms with Gasteiger partial charge in [0, 0.05) is 31.2 Å². The Labute approximate surface area is 93.8 Å². The van der Waals surface area contributed by atoms with E-state index in [1.807, 2.05) is 0 Å². The lowest BCUT2D eigenvalue weighted by Gasteiger charge is -2.25. The molecule has 1 saturated heterocycles. The molecule has 0 radical (unpaired) electrons. The van der Waals surface area contributed by atoms with Crippen LogP contribution in [0.3, 0.4) is 0 Å². The van der Waals surface area contributed by atoms with Crippen LogP contribution in [-0.4, -0.2) is 62.2 Å². The van der Waals surface area contributed by atoms with Gasteiger partial charge in [-0.05, 0) is 46.8 Å². The summed E-state index contributed by atoms with van der Waals surface area (Å²) in [6.45, 7) is 2.60. The van der Waals surface area contributed by atoms with Gasteiger partial charge in [0.1, 0.15) is 0 Å². The van der Waals surface area contributed by atoms with Gasteiger partial charge in [0.05, 0.1) is 0 Å². The molecule has 3 heteroatoms. The van der Waals surface area contributed by atoms with Gasteiger partial charge in [0.25, 0.3) is 0 Å². The number of likely N-dealkylation sites (tertiary alicyclic amines) is 1. The summed E-state index contributed by atoms with van der Waals surface area (Å²) in [5.74, 6) is 0. The molecule has 0 bridgehead atoms. The highest BCUT2D eigenvalue weighted by molar-refractivity contribution is 4.91. The normalized spacial score (nSPS) is 38.0. The maximum Gasteiger partial charge on any atom is 0.0229 e. The fourth-order valence-corrected chi connectivity index (χ4v) is 3.07. The maximum absolute atomic E-state index is 3.41. The maximum atomic E-state index is 3.41. The zero-order valence-electron chi connectivity index (χ0n) is 10.4. The molecule has 1 heterocycles. The molecule has 15 heavy (non-hydrogen) atoms. The molecule has 1 N–H and O–H groups in total. The number of rotatable bonds is 3. The highest BCUT2D eigenvalue weighted by Gasteiger charge is 2.33. The van der Waals surface area contributed by atoms with Gasteiger partial charge in [-0.15, -0.1) is 0 Å². The second-order valence-corrected chi connectivity index (χ2v) is 5.35. The van der Waals surface area contributed by atoms with Crippen molar-refractivity contribution >= 4 is 0 Å². The van der Waals surface area contributed by atoms with Crippen molar-refractivity contribution in [2.24, 2.45) is 0 Å². The molecule has 0 aromatic carbocycles. The van der Waals surface area contributed by atoms with E-state index in [1.54, 1.807) is 0 Å². The third-order valence-corrected chi connectivity index (χ3v) is 4.25. The summed E-state index contributed by atoms with van der Waals surface area (Å²) in [5.41, 5.74) is 0. The number of hydrogen-bond acceptors (Lipinski definition) is 3. The predicted octanol–water partition coefficient (Wildman–Crippen LogP) is 0.763. The Kier molecular flexibility index (Phi) is 3.65. The van der Waals surface area contributed by atoms with Gasteiger partial charge in [-0.25, -0.2) is 0 Å². The van der Waals surface area contributed by atoms with Crippen LogP contribution in [0.1, 0.15) is 25.7 Å². The van der Waals surface area contributed by atoms with Gasteiger partial charge in [0.2, 0.25) is 0 Å². The molecule has 0 aromatic heterocycles. The van der Waals surface area contributed by atoms with Crippen LogP contribution in [0.4, 0.5) is 0 Å². The number of likely N-dealkylation sites (N-methyl/N-ethyl adjacent to an activating group) is 1. The summed E-state index contributed by atoms with van der Waals surface area (Å²) >= 11 is 0.